The molecule has 0 aromatic carbocycles. The molecule has 0 unspecified atom stereocenters. The first-order valence-electron chi connectivity index (χ1n) is 8.80. The Morgan fingerprint density at radius 3 is 3.04 bits per heavy atom. The number of nitrogens with zero attached hydrogens (tertiary/aromatic N) is 3. The Kier molecular flexibility index (Phi) is 4.35. The zero-order valence-corrected chi connectivity index (χ0v) is 14.6. The predicted molar refractivity (Wildman–Crippen MR) is 91.1 cm³/mol. The van der Waals surface area contributed by atoms with Crippen LogP contribution in [0.15, 0.2) is 28.9 Å². The molecule has 1 N–H and O–H groups in total. The Morgan fingerprint density at radius 1 is 1.44 bits per heavy atom. The minimum Gasteiger partial charge on any atom is -0.465 e. The summed E-state index contributed by atoms with van der Waals surface area (Å²) in [5, 5.41) is 7.21. The molecule has 4 rings (SSSR count). The van der Waals surface area contributed by atoms with Gasteiger partial charge in [-0.3, -0.25) is 14.4 Å². The quantitative estimate of drug-likeness (QED) is 0.910. The van der Waals surface area contributed by atoms with Crippen LogP contribution in [0.5, 0.6) is 0 Å². The van der Waals surface area contributed by atoms with E-state index < -0.39 is 0 Å². The van der Waals surface area contributed by atoms with E-state index in [0.717, 1.165) is 44.1 Å². The summed E-state index contributed by atoms with van der Waals surface area (Å²) in [5.74, 6) is 1.79. The Hall–Kier alpha value is -2.12. The number of fused-ring (bicyclic) bond motifs is 1. The van der Waals surface area contributed by atoms with E-state index in [1.54, 1.807) is 24.1 Å². The fourth-order valence-electron chi connectivity index (χ4n) is 3.92. The Labute approximate surface area is 146 Å². The summed E-state index contributed by atoms with van der Waals surface area (Å²) in [4.78, 5) is 14.9. The van der Waals surface area contributed by atoms with Crippen molar-refractivity contribution in [3.63, 3.8) is 0 Å². The van der Waals surface area contributed by atoms with E-state index in [9.17, 15) is 4.79 Å². The molecule has 0 bridgehead atoms. The number of furan rings is 1. The predicted octanol–water partition coefficient (Wildman–Crippen LogP) is 1.48. The summed E-state index contributed by atoms with van der Waals surface area (Å²) >= 11 is 0. The topological polar surface area (TPSA) is 72.5 Å². The zero-order valence-electron chi connectivity index (χ0n) is 14.6. The maximum Gasteiger partial charge on any atom is 0.254 e. The number of aromatic nitrogens is 2. The van der Waals surface area contributed by atoms with Gasteiger partial charge in [0.1, 0.15) is 11.5 Å². The second kappa shape index (κ2) is 6.65. The highest BCUT2D eigenvalue weighted by atomic mass is 16.5. The van der Waals surface area contributed by atoms with Crippen LogP contribution in [0.2, 0.25) is 0 Å². The van der Waals surface area contributed by atoms with Crippen LogP contribution in [0.1, 0.15) is 34.7 Å². The number of carbonyl (C=O) groups excluding carboxylic acids is 1. The van der Waals surface area contributed by atoms with Gasteiger partial charge < -0.3 is 14.5 Å². The molecule has 4 heterocycles. The molecule has 7 heteroatoms. The van der Waals surface area contributed by atoms with Crippen molar-refractivity contribution in [3.05, 3.63) is 41.6 Å². The second-order valence-corrected chi connectivity index (χ2v) is 6.97. The molecule has 0 aliphatic carbocycles. The Bertz CT molecular complexity index is 753. The lowest BCUT2D eigenvalue weighted by molar-refractivity contribution is -0.0219. The van der Waals surface area contributed by atoms with E-state index in [2.05, 4.69) is 15.3 Å². The summed E-state index contributed by atoms with van der Waals surface area (Å²) in [6.07, 6.45) is 5.49. The smallest absolute Gasteiger partial charge is 0.254 e. The van der Waals surface area contributed by atoms with Gasteiger partial charge in [-0.1, -0.05) is 0 Å². The maximum atomic E-state index is 12.5. The molecule has 3 atom stereocenters. The van der Waals surface area contributed by atoms with Crippen LogP contribution < -0.4 is 5.32 Å². The van der Waals surface area contributed by atoms with E-state index in [1.807, 2.05) is 19.1 Å². The van der Waals surface area contributed by atoms with Crippen molar-refractivity contribution in [3.8, 4) is 0 Å². The first kappa shape index (κ1) is 16.4. The number of carbonyl (C=O) groups is 1. The highest BCUT2D eigenvalue weighted by Crippen LogP contribution is 2.30. The zero-order chi connectivity index (χ0) is 17.4. The Morgan fingerprint density at radius 2 is 2.32 bits per heavy atom. The lowest BCUT2D eigenvalue weighted by atomic mass is 10.0. The molecule has 0 radical (unpaired) electrons. The number of likely N-dealkylation sites (tertiary alicyclic amines) is 1. The third-order valence-electron chi connectivity index (χ3n) is 5.07. The fraction of sp³-hybridized carbons (Fsp3) is 0.556. The molecule has 0 saturated carbocycles. The molecule has 134 valence electrons. The number of hydrogen-bond acceptors (Lipinski definition) is 5. The van der Waals surface area contributed by atoms with Crippen LogP contribution in [-0.4, -0.2) is 51.9 Å². The average molecular weight is 344 g/mol. The highest BCUT2D eigenvalue weighted by Gasteiger charge is 2.44. The van der Waals surface area contributed by atoms with Crippen LogP contribution in [0.25, 0.3) is 0 Å². The number of hydrogen-bond donors (Lipinski definition) is 1. The van der Waals surface area contributed by atoms with Gasteiger partial charge in [0.2, 0.25) is 0 Å². The largest absolute Gasteiger partial charge is 0.465 e. The maximum absolute atomic E-state index is 12.5. The van der Waals surface area contributed by atoms with Gasteiger partial charge in [0, 0.05) is 32.4 Å². The van der Waals surface area contributed by atoms with Gasteiger partial charge in [0.05, 0.1) is 30.5 Å². The van der Waals surface area contributed by atoms with Crippen LogP contribution in [0.3, 0.4) is 0 Å². The van der Waals surface area contributed by atoms with Gasteiger partial charge in [-0.2, -0.15) is 5.10 Å². The summed E-state index contributed by atoms with van der Waals surface area (Å²) in [6.45, 7) is 4.23. The van der Waals surface area contributed by atoms with E-state index >= 15 is 0 Å². The van der Waals surface area contributed by atoms with Crippen molar-refractivity contribution in [2.24, 2.45) is 7.05 Å². The van der Waals surface area contributed by atoms with E-state index in [-0.39, 0.29) is 18.1 Å². The molecule has 2 saturated heterocycles. The minimum atomic E-state index is -0.0956. The molecule has 2 aromatic heterocycles. The van der Waals surface area contributed by atoms with Crippen LogP contribution in [-0.2, 0) is 18.3 Å². The molecule has 2 aromatic rings. The first-order chi connectivity index (χ1) is 12.1. The van der Waals surface area contributed by atoms with Crippen molar-refractivity contribution >= 4 is 5.91 Å². The third-order valence-corrected chi connectivity index (χ3v) is 5.07. The van der Waals surface area contributed by atoms with Crippen molar-refractivity contribution in [1.82, 2.24) is 20.0 Å². The van der Waals surface area contributed by atoms with Gasteiger partial charge in [0.25, 0.3) is 5.91 Å². The number of amides is 1. The lowest BCUT2D eigenvalue weighted by Gasteiger charge is -2.32. The van der Waals surface area contributed by atoms with Gasteiger partial charge >= 0.3 is 0 Å². The molecule has 2 aliphatic heterocycles. The molecule has 1 amide bonds. The van der Waals surface area contributed by atoms with Crippen LogP contribution in [0, 0.1) is 6.92 Å². The molecule has 2 aliphatic rings. The van der Waals surface area contributed by atoms with E-state index in [4.69, 9.17) is 9.15 Å². The molecular weight excluding hydrogens is 320 g/mol. The van der Waals surface area contributed by atoms with Crippen LogP contribution >= 0.6 is 0 Å². The van der Waals surface area contributed by atoms with Crippen molar-refractivity contribution in [2.45, 2.75) is 44.5 Å². The van der Waals surface area contributed by atoms with Crippen molar-refractivity contribution in [1.29, 1.82) is 0 Å². The number of aryl methyl sites for hydroxylation is 2. The lowest BCUT2D eigenvalue weighted by Crippen LogP contribution is -2.47. The van der Waals surface area contributed by atoms with E-state index in [1.165, 1.54) is 0 Å². The van der Waals surface area contributed by atoms with Crippen molar-refractivity contribution < 1.29 is 13.9 Å². The standard InChI is InChI=1S/C18H24N4O3/c1-12-5-6-14(25-12)10-22-11-15(17-16(22)4-3-7-24-17)20-18(23)13-8-19-21(2)9-13/h5-6,8-9,15-17H,3-4,7,10-11H2,1-2H3,(H,20,23)/t15-,16-,17-/m1/s1. The summed E-state index contributed by atoms with van der Waals surface area (Å²) in [6, 6.07) is 4.31. The molecule has 0 spiro atoms. The third kappa shape index (κ3) is 3.34. The van der Waals surface area contributed by atoms with Gasteiger partial charge in [-0.05, 0) is 31.9 Å². The van der Waals surface area contributed by atoms with Crippen molar-refractivity contribution in [2.75, 3.05) is 13.2 Å². The summed E-state index contributed by atoms with van der Waals surface area (Å²) in [5.41, 5.74) is 0.579. The van der Waals surface area contributed by atoms with Crippen LogP contribution in [0.4, 0.5) is 0 Å². The average Bonchev–Trinajstić information content (AvgIpc) is 3.29. The number of rotatable bonds is 4. The van der Waals surface area contributed by atoms with E-state index in [0.29, 0.717) is 11.6 Å². The molecule has 2 fully saturated rings. The number of nitrogens with one attached hydrogen (secondary N) is 1. The minimum absolute atomic E-state index is 0.0194. The Balaban J connectivity index is 1.47. The second-order valence-electron chi connectivity index (χ2n) is 6.97. The monoisotopic (exact) mass is 344 g/mol. The SMILES string of the molecule is Cc1ccc(CN2C[C@@H](NC(=O)c3cnn(C)c3)[C@H]3OCCC[C@H]32)o1. The van der Waals surface area contributed by atoms with Gasteiger partial charge in [0.15, 0.2) is 0 Å². The highest BCUT2D eigenvalue weighted by molar-refractivity contribution is 5.93. The fourth-order valence-corrected chi connectivity index (χ4v) is 3.92. The number of ether oxygens (including phenoxy) is 1. The summed E-state index contributed by atoms with van der Waals surface area (Å²) < 4.78 is 13.4. The molecule has 7 nitrogen and oxygen atoms in total. The summed E-state index contributed by atoms with van der Waals surface area (Å²) in [7, 11) is 1.81. The van der Waals surface area contributed by atoms with Gasteiger partial charge in [-0.15, -0.1) is 0 Å². The van der Waals surface area contributed by atoms with Gasteiger partial charge in [-0.25, -0.2) is 0 Å². The first-order valence-corrected chi connectivity index (χ1v) is 8.80. The molecule has 25 heavy (non-hydrogen) atoms. The normalized spacial score (nSPS) is 26.6. The molecular formula is C18H24N4O3.